The van der Waals surface area contributed by atoms with Crippen molar-refractivity contribution in [3.8, 4) is 0 Å². The van der Waals surface area contributed by atoms with Gasteiger partial charge in [0, 0.05) is 5.02 Å². The van der Waals surface area contributed by atoms with Crippen LogP contribution in [0.4, 0.5) is 0 Å². The fourth-order valence-electron chi connectivity index (χ4n) is 3.63. The second-order valence-corrected chi connectivity index (χ2v) is 7.19. The Morgan fingerprint density at radius 2 is 2.04 bits per heavy atom. The van der Waals surface area contributed by atoms with Crippen LogP contribution in [0.15, 0.2) is 24.3 Å². The Labute approximate surface area is 151 Å². The topological polar surface area (TPSA) is 87.7 Å². The molecule has 1 heterocycles. The molecule has 3 N–H and O–H groups in total. The van der Waals surface area contributed by atoms with Crippen molar-refractivity contribution in [2.24, 2.45) is 0 Å². The van der Waals surface area contributed by atoms with Crippen LogP contribution in [0, 0.1) is 0 Å². The van der Waals surface area contributed by atoms with Crippen molar-refractivity contribution in [1.29, 1.82) is 0 Å². The van der Waals surface area contributed by atoms with Crippen LogP contribution in [-0.4, -0.2) is 41.8 Å². The zero-order valence-corrected chi connectivity index (χ0v) is 14.7. The first-order valence-corrected chi connectivity index (χ1v) is 9.01. The van der Waals surface area contributed by atoms with Crippen LogP contribution >= 0.6 is 11.6 Å². The average Bonchev–Trinajstić information content (AvgIpc) is 2.62. The molecule has 1 aromatic carbocycles. The largest absolute Gasteiger partial charge is 0.394 e. The lowest BCUT2D eigenvalue weighted by atomic mass is 9.82. The Bertz CT molecular complexity index is 646. The molecule has 3 rings (SSSR count). The van der Waals surface area contributed by atoms with E-state index in [1.807, 2.05) is 0 Å². The van der Waals surface area contributed by atoms with E-state index in [-0.39, 0.29) is 25.0 Å². The molecule has 2 aliphatic rings. The number of nitrogens with one attached hydrogen (secondary N) is 2. The summed E-state index contributed by atoms with van der Waals surface area (Å²) < 4.78 is 5.54. The van der Waals surface area contributed by atoms with Crippen LogP contribution in [0.5, 0.6) is 0 Å². The second kappa shape index (κ2) is 7.72. The summed E-state index contributed by atoms with van der Waals surface area (Å²) in [6, 6.07) is 6.41. The van der Waals surface area contributed by atoms with E-state index in [1.165, 1.54) is 0 Å². The molecular weight excluding hydrogens is 344 g/mol. The molecule has 0 aromatic heterocycles. The number of carbonyl (C=O) groups excluding carboxylic acids is 2. The second-order valence-electron chi connectivity index (χ2n) is 6.79. The minimum atomic E-state index is -0.886. The third-order valence-electron chi connectivity index (χ3n) is 5.01. The van der Waals surface area contributed by atoms with Gasteiger partial charge in [0.1, 0.15) is 6.61 Å². The van der Waals surface area contributed by atoms with Crippen LogP contribution in [0.2, 0.25) is 5.02 Å². The van der Waals surface area contributed by atoms with E-state index < -0.39 is 17.7 Å². The standard InChI is InChI=1S/C18H23ClN2O4/c19-13-7-3-2-6-12(13)15-16(25-10-14(23)20-15)17(24)21-18(11-22)8-4-1-5-9-18/h2-3,6-7,15-16,22H,1,4-5,8-11H2,(H,20,23)(H,21,24)/t15-,16+/m1/s1. The van der Waals surface area contributed by atoms with E-state index in [2.05, 4.69) is 10.6 Å². The molecule has 1 aromatic rings. The van der Waals surface area contributed by atoms with Crippen LogP contribution in [-0.2, 0) is 14.3 Å². The third-order valence-corrected chi connectivity index (χ3v) is 5.36. The molecule has 2 amide bonds. The first-order chi connectivity index (χ1) is 12.0. The summed E-state index contributed by atoms with van der Waals surface area (Å²) in [4.78, 5) is 24.7. The maximum Gasteiger partial charge on any atom is 0.252 e. The fraction of sp³-hybridized carbons (Fsp3) is 0.556. The number of amides is 2. The monoisotopic (exact) mass is 366 g/mol. The summed E-state index contributed by atoms with van der Waals surface area (Å²) in [5.41, 5.74) is 0.0320. The van der Waals surface area contributed by atoms with E-state index in [1.54, 1.807) is 24.3 Å². The molecule has 7 heteroatoms. The smallest absolute Gasteiger partial charge is 0.252 e. The Kier molecular flexibility index (Phi) is 5.61. The number of aliphatic hydroxyl groups is 1. The maximum absolute atomic E-state index is 12.9. The van der Waals surface area contributed by atoms with Gasteiger partial charge in [0.2, 0.25) is 5.91 Å². The molecule has 2 fully saturated rings. The number of carbonyl (C=O) groups is 2. The van der Waals surface area contributed by atoms with Crippen LogP contribution in [0.3, 0.4) is 0 Å². The average molecular weight is 367 g/mol. The predicted molar refractivity (Wildman–Crippen MR) is 93.1 cm³/mol. The van der Waals surface area contributed by atoms with Gasteiger partial charge in [-0.3, -0.25) is 9.59 Å². The molecule has 1 saturated heterocycles. The number of aliphatic hydroxyl groups excluding tert-OH is 1. The van der Waals surface area contributed by atoms with Gasteiger partial charge in [-0.15, -0.1) is 0 Å². The van der Waals surface area contributed by atoms with Gasteiger partial charge in [-0.2, -0.15) is 0 Å². The molecule has 0 radical (unpaired) electrons. The van der Waals surface area contributed by atoms with E-state index in [9.17, 15) is 14.7 Å². The van der Waals surface area contributed by atoms with Crippen LogP contribution in [0.1, 0.15) is 43.7 Å². The lowest BCUT2D eigenvalue weighted by Gasteiger charge is -2.39. The maximum atomic E-state index is 12.9. The van der Waals surface area contributed by atoms with Crippen molar-refractivity contribution in [3.63, 3.8) is 0 Å². The van der Waals surface area contributed by atoms with Crippen molar-refractivity contribution in [3.05, 3.63) is 34.9 Å². The minimum absolute atomic E-state index is 0.103. The third kappa shape index (κ3) is 3.97. The molecule has 6 nitrogen and oxygen atoms in total. The highest BCUT2D eigenvalue weighted by atomic mass is 35.5. The number of morpholine rings is 1. The predicted octanol–water partition coefficient (Wildman–Crippen LogP) is 1.71. The summed E-state index contributed by atoms with van der Waals surface area (Å²) >= 11 is 6.24. The van der Waals surface area contributed by atoms with E-state index in [0.29, 0.717) is 10.6 Å². The quantitative estimate of drug-likeness (QED) is 0.757. The lowest BCUT2D eigenvalue weighted by Crippen LogP contribution is -2.59. The number of rotatable bonds is 4. The number of benzene rings is 1. The van der Waals surface area contributed by atoms with Crippen molar-refractivity contribution >= 4 is 23.4 Å². The molecule has 1 saturated carbocycles. The summed E-state index contributed by atoms with van der Waals surface area (Å²) in [5.74, 6) is -0.621. The fourth-order valence-corrected chi connectivity index (χ4v) is 3.88. The summed E-state index contributed by atoms with van der Waals surface area (Å²) in [6.07, 6.45) is 3.64. The van der Waals surface area contributed by atoms with E-state index in [0.717, 1.165) is 32.1 Å². The Hall–Kier alpha value is -1.63. The van der Waals surface area contributed by atoms with E-state index in [4.69, 9.17) is 16.3 Å². The first kappa shape index (κ1) is 18.2. The highest BCUT2D eigenvalue weighted by molar-refractivity contribution is 6.31. The molecular formula is C18H23ClN2O4. The molecule has 0 bridgehead atoms. The van der Waals surface area contributed by atoms with Gasteiger partial charge < -0.3 is 20.5 Å². The normalized spacial score (nSPS) is 25.9. The summed E-state index contributed by atoms with van der Waals surface area (Å²) in [6.45, 7) is -0.278. The van der Waals surface area contributed by atoms with Crippen molar-refractivity contribution in [2.45, 2.75) is 49.8 Å². The Balaban J connectivity index is 1.81. The molecule has 0 unspecified atom stereocenters. The highest BCUT2D eigenvalue weighted by Crippen LogP contribution is 2.31. The van der Waals surface area contributed by atoms with Gasteiger partial charge in [-0.25, -0.2) is 0 Å². The molecule has 1 aliphatic carbocycles. The Morgan fingerprint density at radius 3 is 2.72 bits per heavy atom. The lowest BCUT2D eigenvalue weighted by molar-refractivity contribution is -0.149. The zero-order valence-electron chi connectivity index (χ0n) is 14.0. The van der Waals surface area contributed by atoms with Crippen LogP contribution in [0.25, 0.3) is 0 Å². The highest BCUT2D eigenvalue weighted by Gasteiger charge is 2.41. The number of ether oxygens (including phenoxy) is 1. The molecule has 2 atom stereocenters. The summed E-state index contributed by atoms with van der Waals surface area (Å²) in [5, 5.41) is 16.1. The van der Waals surface area contributed by atoms with Crippen molar-refractivity contribution in [2.75, 3.05) is 13.2 Å². The van der Waals surface area contributed by atoms with Gasteiger partial charge in [-0.1, -0.05) is 49.1 Å². The number of hydrogen-bond donors (Lipinski definition) is 3. The SMILES string of the molecule is O=C1CO[C@H](C(=O)NC2(CO)CCCCC2)[C@@H](c2ccccc2Cl)N1. The van der Waals surface area contributed by atoms with Gasteiger partial charge in [0.05, 0.1) is 18.2 Å². The molecule has 0 spiro atoms. The Morgan fingerprint density at radius 1 is 1.32 bits per heavy atom. The van der Waals surface area contributed by atoms with Gasteiger partial charge in [-0.05, 0) is 24.5 Å². The van der Waals surface area contributed by atoms with Gasteiger partial charge in [0.15, 0.2) is 6.10 Å². The van der Waals surface area contributed by atoms with Gasteiger partial charge >= 0.3 is 0 Å². The zero-order chi connectivity index (χ0) is 17.9. The van der Waals surface area contributed by atoms with Crippen molar-refractivity contribution < 1.29 is 19.4 Å². The minimum Gasteiger partial charge on any atom is -0.394 e. The molecule has 136 valence electrons. The number of halogens is 1. The first-order valence-electron chi connectivity index (χ1n) is 8.63. The molecule has 25 heavy (non-hydrogen) atoms. The summed E-state index contributed by atoms with van der Waals surface area (Å²) in [7, 11) is 0. The number of hydrogen-bond acceptors (Lipinski definition) is 4. The van der Waals surface area contributed by atoms with E-state index >= 15 is 0 Å². The van der Waals surface area contributed by atoms with Crippen LogP contribution < -0.4 is 10.6 Å². The molecule has 1 aliphatic heterocycles. The van der Waals surface area contributed by atoms with Crippen molar-refractivity contribution in [1.82, 2.24) is 10.6 Å². The van der Waals surface area contributed by atoms with Gasteiger partial charge in [0.25, 0.3) is 5.91 Å².